The Bertz CT molecular complexity index is 508. The summed E-state index contributed by atoms with van der Waals surface area (Å²) in [5.74, 6) is 0.663. The smallest absolute Gasteiger partial charge is 0.251 e. The molecule has 0 bridgehead atoms. The van der Waals surface area contributed by atoms with Crippen molar-refractivity contribution in [3.63, 3.8) is 0 Å². The Kier molecular flexibility index (Phi) is 4.52. The zero-order valence-electron chi connectivity index (χ0n) is 10.4. The molecular weight excluding hydrogens is 244 g/mol. The molecule has 2 rings (SSSR count). The third kappa shape index (κ3) is 3.82. The number of aliphatic hydroxyl groups is 1. The lowest BCUT2D eigenvalue weighted by Gasteiger charge is -2.06. The second-order valence-electron chi connectivity index (χ2n) is 3.95. The maximum Gasteiger partial charge on any atom is 0.251 e. The minimum absolute atomic E-state index is 0.0610. The van der Waals surface area contributed by atoms with Crippen molar-refractivity contribution in [3.8, 4) is 0 Å². The maximum absolute atomic E-state index is 11.6. The number of aromatic amines is 1. The van der Waals surface area contributed by atoms with E-state index >= 15 is 0 Å². The van der Waals surface area contributed by atoms with Gasteiger partial charge in [0.05, 0.1) is 13.2 Å². The average molecular weight is 260 g/mol. The number of nitrogens with one attached hydrogen (secondary N) is 3. The summed E-state index contributed by atoms with van der Waals surface area (Å²) in [7, 11) is 0. The Labute approximate surface area is 110 Å². The molecule has 1 aromatic carbocycles. The summed E-state index contributed by atoms with van der Waals surface area (Å²) in [5, 5.41) is 14.4. The zero-order chi connectivity index (χ0) is 13.5. The van der Waals surface area contributed by atoms with Crippen molar-refractivity contribution in [2.45, 2.75) is 6.54 Å². The minimum Gasteiger partial charge on any atom is -0.395 e. The van der Waals surface area contributed by atoms with Crippen molar-refractivity contribution in [3.05, 3.63) is 48.0 Å². The van der Waals surface area contributed by atoms with Gasteiger partial charge in [0.15, 0.2) is 0 Å². The van der Waals surface area contributed by atoms with Crippen LogP contribution in [0.2, 0.25) is 0 Å². The third-order valence-corrected chi connectivity index (χ3v) is 2.56. The summed E-state index contributed by atoms with van der Waals surface area (Å²) in [6.07, 6.45) is 3.47. The van der Waals surface area contributed by atoms with Crippen molar-refractivity contribution >= 4 is 11.6 Å². The fourth-order valence-electron chi connectivity index (χ4n) is 1.59. The number of rotatable bonds is 6. The normalized spacial score (nSPS) is 10.2. The molecule has 0 saturated heterocycles. The number of aromatic nitrogens is 2. The number of anilines is 1. The molecule has 0 aliphatic heterocycles. The van der Waals surface area contributed by atoms with E-state index in [1.54, 1.807) is 24.5 Å². The van der Waals surface area contributed by atoms with Crippen LogP contribution in [0, 0.1) is 0 Å². The van der Waals surface area contributed by atoms with Crippen LogP contribution in [0.3, 0.4) is 0 Å². The van der Waals surface area contributed by atoms with E-state index in [2.05, 4.69) is 20.6 Å². The van der Waals surface area contributed by atoms with Gasteiger partial charge in [0.1, 0.15) is 5.82 Å². The summed E-state index contributed by atoms with van der Waals surface area (Å²) in [5.41, 5.74) is 1.48. The number of aliphatic hydroxyl groups excluding tert-OH is 1. The van der Waals surface area contributed by atoms with Gasteiger partial charge in [-0.25, -0.2) is 4.98 Å². The van der Waals surface area contributed by atoms with Crippen molar-refractivity contribution < 1.29 is 9.90 Å². The molecule has 100 valence electrons. The van der Waals surface area contributed by atoms with Crippen LogP contribution in [0.5, 0.6) is 0 Å². The summed E-state index contributed by atoms with van der Waals surface area (Å²) in [6.45, 7) is 0.801. The van der Waals surface area contributed by atoms with E-state index in [-0.39, 0.29) is 19.1 Å². The molecule has 0 atom stereocenters. The predicted molar refractivity (Wildman–Crippen MR) is 71.8 cm³/mol. The molecule has 0 unspecified atom stereocenters. The summed E-state index contributed by atoms with van der Waals surface area (Å²) < 4.78 is 0. The molecule has 1 amide bonds. The topological polar surface area (TPSA) is 90.0 Å². The van der Waals surface area contributed by atoms with Crippen molar-refractivity contribution in [1.29, 1.82) is 0 Å². The van der Waals surface area contributed by atoms with Crippen molar-refractivity contribution in [1.82, 2.24) is 15.3 Å². The highest BCUT2D eigenvalue weighted by Gasteiger charge is 2.04. The number of carbonyl (C=O) groups is 1. The summed E-state index contributed by atoms with van der Waals surface area (Å²) in [6, 6.07) is 7.13. The van der Waals surface area contributed by atoms with Crippen LogP contribution in [0.25, 0.3) is 0 Å². The quantitative estimate of drug-likeness (QED) is 0.617. The molecule has 6 nitrogen and oxygen atoms in total. The Hall–Kier alpha value is -2.34. The van der Waals surface area contributed by atoms with Crippen LogP contribution in [-0.2, 0) is 6.54 Å². The van der Waals surface area contributed by atoms with Crippen molar-refractivity contribution in [2.24, 2.45) is 0 Å². The van der Waals surface area contributed by atoms with Gasteiger partial charge in [-0.3, -0.25) is 4.79 Å². The molecule has 0 saturated carbocycles. The molecule has 0 spiro atoms. The first kappa shape index (κ1) is 13.1. The van der Waals surface area contributed by atoms with Gasteiger partial charge in [0.25, 0.3) is 5.91 Å². The van der Waals surface area contributed by atoms with E-state index in [4.69, 9.17) is 5.11 Å². The molecule has 19 heavy (non-hydrogen) atoms. The maximum atomic E-state index is 11.6. The number of imidazole rings is 1. The number of hydrogen-bond acceptors (Lipinski definition) is 4. The molecule has 1 heterocycles. The van der Waals surface area contributed by atoms with Crippen LogP contribution in [-0.4, -0.2) is 34.1 Å². The number of hydrogen-bond donors (Lipinski definition) is 4. The molecule has 0 aliphatic rings. The Morgan fingerprint density at radius 1 is 1.32 bits per heavy atom. The minimum atomic E-state index is -0.188. The lowest BCUT2D eigenvalue weighted by Crippen LogP contribution is -2.26. The molecule has 0 radical (unpaired) electrons. The number of amides is 1. The Balaban J connectivity index is 1.89. The van der Waals surface area contributed by atoms with Crippen LogP contribution in [0.4, 0.5) is 5.69 Å². The Morgan fingerprint density at radius 2 is 2.11 bits per heavy atom. The zero-order valence-corrected chi connectivity index (χ0v) is 10.4. The predicted octanol–water partition coefficient (Wildman–Crippen LogP) is 0.744. The monoisotopic (exact) mass is 260 g/mol. The average Bonchev–Trinajstić information content (AvgIpc) is 2.96. The van der Waals surface area contributed by atoms with E-state index in [1.807, 2.05) is 12.1 Å². The Morgan fingerprint density at radius 3 is 2.74 bits per heavy atom. The van der Waals surface area contributed by atoms with Crippen molar-refractivity contribution in [2.75, 3.05) is 18.5 Å². The highest BCUT2D eigenvalue weighted by atomic mass is 16.3. The number of nitrogens with zero attached hydrogens (tertiary/aromatic N) is 1. The number of H-pyrrole nitrogens is 1. The van der Waals surface area contributed by atoms with Crippen LogP contribution in [0.1, 0.15) is 16.2 Å². The first-order valence-electron chi connectivity index (χ1n) is 6.01. The molecule has 4 N–H and O–H groups in total. The molecule has 0 fully saturated rings. The van der Waals surface area contributed by atoms with Crippen LogP contribution < -0.4 is 10.6 Å². The fourth-order valence-corrected chi connectivity index (χ4v) is 1.59. The third-order valence-electron chi connectivity index (χ3n) is 2.56. The van der Waals surface area contributed by atoms with Crippen LogP contribution in [0.15, 0.2) is 36.7 Å². The van der Waals surface area contributed by atoms with E-state index in [0.717, 1.165) is 11.5 Å². The van der Waals surface area contributed by atoms with E-state index in [0.29, 0.717) is 12.1 Å². The lowest BCUT2D eigenvalue weighted by atomic mass is 10.2. The molecule has 6 heteroatoms. The summed E-state index contributed by atoms with van der Waals surface area (Å²) in [4.78, 5) is 18.7. The first-order valence-corrected chi connectivity index (χ1v) is 6.01. The van der Waals surface area contributed by atoms with E-state index in [1.165, 1.54) is 0 Å². The van der Waals surface area contributed by atoms with Gasteiger partial charge in [-0.05, 0) is 24.3 Å². The van der Waals surface area contributed by atoms with Crippen LogP contribution >= 0.6 is 0 Å². The molecule has 2 aromatic rings. The second-order valence-corrected chi connectivity index (χ2v) is 3.95. The van der Waals surface area contributed by atoms with Gasteiger partial charge >= 0.3 is 0 Å². The molecular formula is C13H16N4O2. The standard InChI is InChI=1S/C13H16N4O2/c18-8-7-16-13(19)10-1-3-11(4-2-10)17-9-12-14-5-6-15-12/h1-6,17-18H,7-9H2,(H,14,15)(H,16,19). The lowest BCUT2D eigenvalue weighted by molar-refractivity contribution is 0.0945. The van der Waals surface area contributed by atoms with Gasteiger partial charge in [0, 0.05) is 30.2 Å². The molecule has 1 aromatic heterocycles. The highest BCUT2D eigenvalue weighted by Crippen LogP contribution is 2.10. The van der Waals surface area contributed by atoms with Gasteiger partial charge in [-0.2, -0.15) is 0 Å². The number of benzene rings is 1. The van der Waals surface area contributed by atoms with Gasteiger partial charge in [-0.1, -0.05) is 0 Å². The summed E-state index contributed by atoms with van der Waals surface area (Å²) >= 11 is 0. The molecule has 0 aliphatic carbocycles. The second kappa shape index (κ2) is 6.55. The van der Waals surface area contributed by atoms with Gasteiger partial charge in [-0.15, -0.1) is 0 Å². The van der Waals surface area contributed by atoms with E-state index in [9.17, 15) is 4.79 Å². The SMILES string of the molecule is O=C(NCCO)c1ccc(NCc2ncc[nH]2)cc1. The first-order chi connectivity index (χ1) is 9.29. The number of carbonyl (C=O) groups excluding carboxylic acids is 1. The largest absolute Gasteiger partial charge is 0.395 e. The van der Waals surface area contributed by atoms with E-state index < -0.39 is 0 Å². The highest BCUT2D eigenvalue weighted by molar-refractivity contribution is 5.94. The van der Waals surface area contributed by atoms with Gasteiger partial charge in [0.2, 0.25) is 0 Å². The van der Waals surface area contributed by atoms with Gasteiger partial charge < -0.3 is 20.7 Å². The fraction of sp³-hybridized carbons (Fsp3) is 0.231.